The number of ether oxygens (including phenoxy) is 1. The first-order valence-corrected chi connectivity index (χ1v) is 17.4. The van der Waals surface area contributed by atoms with Crippen molar-refractivity contribution in [3.8, 4) is 34.1 Å². The summed E-state index contributed by atoms with van der Waals surface area (Å²) in [6.45, 7) is 0. The van der Waals surface area contributed by atoms with Gasteiger partial charge in [0.05, 0.1) is 27.8 Å². The average molecular weight is 653 g/mol. The molecule has 5 heteroatoms. The fraction of sp³-hybridized carbons (Fsp3) is 0.0217. The Morgan fingerprint density at radius 2 is 0.980 bits per heavy atom. The molecule has 7 aromatic carbocycles. The molecule has 1 unspecified atom stereocenters. The van der Waals surface area contributed by atoms with E-state index in [2.05, 4.69) is 172 Å². The molecule has 1 atom stereocenters. The Morgan fingerprint density at radius 3 is 1.73 bits per heavy atom. The van der Waals surface area contributed by atoms with Gasteiger partial charge in [0.2, 0.25) is 0 Å². The van der Waals surface area contributed by atoms with E-state index in [0.29, 0.717) is 0 Å². The highest BCUT2D eigenvalue weighted by Crippen LogP contribution is 2.58. The second-order valence-corrected chi connectivity index (χ2v) is 13.6. The first-order chi connectivity index (χ1) is 25.3. The highest BCUT2D eigenvalue weighted by Gasteiger charge is 2.52. The predicted octanol–water partition coefficient (Wildman–Crippen LogP) is 11.0. The minimum atomic E-state index is -0.682. The average Bonchev–Trinajstić information content (AvgIpc) is 3.95. The lowest BCUT2D eigenvalue weighted by Crippen LogP contribution is -2.38. The molecule has 0 saturated heterocycles. The van der Waals surface area contributed by atoms with Gasteiger partial charge in [-0.05, 0) is 72.3 Å². The van der Waals surface area contributed by atoms with Crippen molar-refractivity contribution in [1.82, 2.24) is 18.9 Å². The molecule has 3 aromatic heterocycles. The number of benzene rings is 7. The van der Waals surface area contributed by atoms with Gasteiger partial charge in [0.15, 0.2) is 0 Å². The van der Waals surface area contributed by atoms with Crippen LogP contribution in [0.15, 0.2) is 170 Å². The van der Waals surface area contributed by atoms with Crippen LogP contribution in [0.25, 0.3) is 66.2 Å². The summed E-state index contributed by atoms with van der Waals surface area (Å²) < 4.78 is 13.7. The molecule has 0 aliphatic carbocycles. The normalized spacial score (nSPS) is 15.7. The fourth-order valence-corrected chi connectivity index (χ4v) is 9.15. The lowest BCUT2D eigenvalue weighted by molar-refractivity contribution is 0.382. The van der Waals surface area contributed by atoms with E-state index in [9.17, 15) is 0 Å². The van der Waals surface area contributed by atoms with Crippen molar-refractivity contribution in [2.24, 2.45) is 0 Å². The van der Waals surface area contributed by atoms with Gasteiger partial charge in [-0.1, -0.05) is 97.1 Å². The Balaban J connectivity index is 1.13. The zero-order chi connectivity index (χ0) is 33.3. The minimum Gasteiger partial charge on any atom is -0.457 e. The molecule has 0 radical (unpaired) electrons. The molecule has 51 heavy (non-hydrogen) atoms. The molecule has 12 rings (SSSR count). The first-order valence-electron chi connectivity index (χ1n) is 17.4. The molecule has 2 aliphatic rings. The van der Waals surface area contributed by atoms with E-state index in [-0.39, 0.29) is 0 Å². The van der Waals surface area contributed by atoms with Crippen molar-refractivity contribution in [2.45, 2.75) is 5.54 Å². The number of fused-ring (bicyclic) bond motifs is 15. The van der Waals surface area contributed by atoms with Crippen LogP contribution in [0, 0.1) is 0 Å². The predicted molar refractivity (Wildman–Crippen MR) is 205 cm³/mol. The zero-order valence-corrected chi connectivity index (χ0v) is 27.4. The molecule has 5 heterocycles. The molecule has 1 spiro atoms. The van der Waals surface area contributed by atoms with Crippen molar-refractivity contribution in [3.05, 3.63) is 187 Å². The van der Waals surface area contributed by atoms with Crippen LogP contribution in [0.5, 0.6) is 11.5 Å². The largest absolute Gasteiger partial charge is 0.457 e. The highest BCUT2D eigenvalue weighted by molar-refractivity contribution is 6.12. The summed E-state index contributed by atoms with van der Waals surface area (Å²) >= 11 is 0. The second kappa shape index (κ2) is 9.65. The van der Waals surface area contributed by atoms with E-state index < -0.39 is 5.54 Å². The second-order valence-electron chi connectivity index (χ2n) is 13.6. The molecule has 0 N–H and O–H groups in total. The smallest absolute Gasteiger partial charge is 0.146 e. The summed E-state index contributed by atoms with van der Waals surface area (Å²) in [7, 11) is 0. The third kappa shape index (κ3) is 3.33. The van der Waals surface area contributed by atoms with Crippen molar-refractivity contribution >= 4 is 43.6 Å². The molecule has 0 saturated carbocycles. The topological polar surface area (TPSA) is 36.9 Å². The van der Waals surface area contributed by atoms with Crippen LogP contribution in [-0.2, 0) is 5.54 Å². The lowest BCUT2D eigenvalue weighted by atomic mass is 9.75. The fourth-order valence-electron chi connectivity index (χ4n) is 9.15. The van der Waals surface area contributed by atoms with E-state index in [1.165, 1.54) is 43.7 Å². The third-order valence-electron chi connectivity index (χ3n) is 11.2. The van der Waals surface area contributed by atoms with Gasteiger partial charge in [-0.2, -0.15) is 5.10 Å². The van der Waals surface area contributed by atoms with Crippen LogP contribution in [0.4, 0.5) is 0 Å². The monoisotopic (exact) mass is 652 g/mol. The Bertz CT molecular complexity index is 3030. The Labute approximate surface area is 292 Å². The van der Waals surface area contributed by atoms with Gasteiger partial charge < -0.3 is 13.9 Å². The summed E-state index contributed by atoms with van der Waals surface area (Å²) in [5, 5.41) is 9.95. The minimum absolute atomic E-state index is 0.682. The lowest BCUT2D eigenvalue weighted by Gasteiger charge is -2.39. The molecule has 2 aliphatic heterocycles. The van der Waals surface area contributed by atoms with Crippen LogP contribution in [0.3, 0.4) is 0 Å². The summed E-state index contributed by atoms with van der Waals surface area (Å²) in [4.78, 5) is 0. The number of hydrogen-bond donors (Lipinski definition) is 0. The molecule has 238 valence electrons. The Morgan fingerprint density at radius 1 is 0.431 bits per heavy atom. The van der Waals surface area contributed by atoms with E-state index in [1.54, 1.807) is 0 Å². The van der Waals surface area contributed by atoms with E-state index in [0.717, 1.165) is 50.7 Å². The van der Waals surface area contributed by atoms with Gasteiger partial charge in [-0.3, -0.25) is 0 Å². The number of para-hydroxylation sites is 4. The molecular formula is C46H28N4O. The van der Waals surface area contributed by atoms with Crippen molar-refractivity contribution < 1.29 is 4.74 Å². The molecule has 0 amide bonds. The van der Waals surface area contributed by atoms with Crippen molar-refractivity contribution in [3.63, 3.8) is 0 Å². The number of hydrogen-bond acceptors (Lipinski definition) is 2. The van der Waals surface area contributed by atoms with Gasteiger partial charge >= 0.3 is 0 Å². The van der Waals surface area contributed by atoms with Crippen LogP contribution in [-0.4, -0.2) is 18.9 Å². The molecule has 0 fully saturated rings. The number of aromatic nitrogens is 4. The van der Waals surface area contributed by atoms with Gasteiger partial charge in [-0.15, -0.1) is 0 Å². The van der Waals surface area contributed by atoms with Crippen molar-refractivity contribution in [1.29, 1.82) is 0 Å². The zero-order valence-electron chi connectivity index (χ0n) is 27.4. The standard InChI is InChI=1S/C46H28N4O/c1-5-15-36-34(14-1)43-25-26-47-50(43)46(36)37-16-6-10-20-44(37)51-45-24-22-30(28-38(45)46)49-41-19-9-4-13-33(41)35-27-29(21-23-42(35)49)48-39-17-7-2-11-31(39)32-12-3-8-18-40(32)48/h1-28H. The van der Waals surface area contributed by atoms with Crippen LogP contribution in [0.1, 0.15) is 16.7 Å². The van der Waals surface area contributed by atoms with Gasteiger partial charge in [0.25, 0.3) is 0 Å². The first kappa shape index (κ1) is 27.0. The maximum Gasteiger partial charge on any atom is 0.146 e. The van der Waals surface area contributed by atoms with Gasteiger partial charge in [0, 0.05) is 55.8 Å². The van der Waals surface area contributed by atoms with E-state index >= 15 is 0 Å². The summed E-state index contributed by atoms with van der Waals surface area (Å²) in [5.74, 6) is 1.69. The SMILES string of the molecule is c1ccc2c(c1)Oc1ccc(-n3c4ccccc4c4cc(-n5c6ccccc6c6ccccc65)ccc43)cc1C21c2ccccc2-c2ccnn21. The summed E-state index contributed by atoms with van der Waals surface area (Å²) in [6, 6.07) is 58.9. The van der Waals surface area contributed by atoms with E-state index in [1.807, 2.05) is 12.3 Å². The van der Waals surface area contributed by atoms with Crippen LogP contribution < -0.4 is 4.74 Å². The van der Waals surface area contributed by atoms with Crippen LogP contribution in [0.2, 0.25) is 0 Å². The van der Waals surface area contributed by atoms with Crippen molar-refractivity contribution in [2.75, 3.05) is 0 Å². The maximum atomic E-state index is 6.69. The Hall–Kier alpha value is -6.85. The molecule has 10 aromatic rings. The maximum absolute atomic E-state index is 6.69. The molecular weight excluding hydrogens is 625 g/mol. The quantitative estimate of drug-likeness (QED) is 0.186. The molecule has 5 nitrogen and oxygen atoms in total. The Kier molecular flexibility index (Phi) is 5.11. The number of nitrogens with zero attached hydrogens (tertiary/aromatic N) is 4. The number of rotatable bonds is 2. The van der Waals surface area contributed by atoms with Crippen LogP contribution >= 0.6 is 0 Å². The summed E-state index contributed by atoms with van der Waals surface area (Å²) in [5.41, 5.74) is 11.9. The molecule has 0 bridgehead atoms. The van der Waals surface area contributed by atoms with Gasteiger partial charge in [0.1, 0.15) is 17.0 Å². The summed E-state index contributed by atoms with van der Waals surface area (Å²) in [6.07, 6.45) is 1.91. The van der Waals surface area contributed by atoms with E-state index in [4.69, 9.17) is 9.84 Å². The van der Waals surface area contributed by atoms with Gasteiger partial charge in [-0.25, -0.2) is 4.68 Å². The third-order valence-corrected chi connectivity index (χ3v) is 11.2. The highest BCUT2D eigenvalue weighted by atomic mass is 16.5.